The second kappa shape index (κ2) is 4.57. The Morgan fingerprint density at radius 3 is 2.12 bits per heavy atom. The third-order valence-electron chi connectivity index (χ3n) is 1.95. The molecule has 1 aromatic heterocycles. The fourth-order valence-corrected chi connectivity index (χ4v) is 1.49. The molecule has 0 fully saturated rings. The molecule has 4 nitrogen and oxygen atoms in total. The molecular formula is C10H13Cl2N3O. The number of aromatic nitrogens is 1. The molecule has 1 rings (SSSR count). The molecule has 6 heteroatoms. The van der Waals surface area contributed by atoms with E-state index in [2.05, 4.69) is 4.98 Å². The largest absolute Gasteiger partial charge is 0.271 e. The van der Waals surface area contributed by atoms with Gasteiger partial charge in [-0.15, -0.1) is 0 Å². The van der Waals surface area contributed by atoms with Crippen LogP contribution in [-0.4, -0.2) is 21.4 Å². The van der Waals surface area contributed by atoms with Crippen molar-refractivity contribution in [3.63, 3.8) is 0 Å². The van der Waals surface area contributed by atoms with Crippen LogP contribution < -0.4 is 5.84 Å². The van der Waals surface area contributed by atoms with Crippen LogP contribution in [-0.2, 0) is 0 Å². The van der Waals surface area contributed by atoms with Gasteiger partial charge in [0.1, 0.15) is 10.3 Å². The molecular weight excluding hydrogens is 249 g/mol. The van der Waals surface area contributed by atoms with Crippen molar-refractivity contribution in [2.75, 3.05) is 0 Å². The summed E-state index contributed by atoms with van der Waals surface area (Å²) in [6.45, 7) is 5.49. The second-order valence-electron chi connectivity index (χ2n) is 4.35. The number of carbonyl (C=O) groups is 1. The first-order chi connectivity index (χ1) is 7.21. The molecule has 0 aliphatic carbocycles. The number of halogens is 2. The Hall–Kier alpha value is -0.840. The lowest BCUT2D eigenvalue weighted by atomic mass is 10.1. The second-order valence-corrected chi connectivity index (χ2v) is 5.12. The number of rotatable bonds is 1. The van der Waals surface area contributed by atoms with E-state index >= 15 is 0 Å². The zero-order valence-electron chi connectivity index (χ0n) is 9.29. The molecule has 1 amide bonds. The zero-order chi connectivity index (χ0) is 12.5. The predicted octanol–water partition coefficient (Wildman–Crippen LogP) is 2.50. The number of nitrogens with zero attached hydrogens (tertiary/aromatic N) is 2. The number of hydrazine groups is 1. The quantitative estimate of drug-likeness (QED) is 0.366. The molecule has 0 atom stereocenters. The van der Waals surface area contributed by atoms with E-state index in [1.54, 1.807) is 0 Å². The van der Waals surface area contributed by atoms with Gasteiger partial charge in [0.25, 0.3) is 5.91 Å². The van der Waals surface area contributed by atoms with Crippen LogP contribution in [0.5, 0.6) is 0 Å². The fraction of sp³-hybridized carbons (Fsp3) is 0.400. The first-order valence-corrected chi connectivity index (χ1v) is 5.40. The average molecular weight is 262 g/mol. The van der Waals surface area contributed by atoms with Gasteiger partial charge in [-0.2, -0.15) is 0 Å². The van der Waals surface area contributed by atoms with Crippen LogP contribution in [0.4, 0.5) is 0 Å². The summed E-state index contributed by atoms with van der Waals surface area (Å²) < 4.78 is 0. The molecule has 88 valence electrons. The SMILES string of the molecule is CC(C)(C)N(N)C(=O)c1cc(Cl)nc(Cl)c1. The predicted molar refractivity (Wildman–Crippen MR) is 64.4 cm³/mol. The summed E-state index contributed by atoms with van der Waals surface area (Å²) in [5.41, 5.74) is -0.151. The Morgan fingerprint density at radius 2 is 1.75 bits per heavy atom. The molecule has 0 radical (unpaired) electrons. The standard InChI is InChI=1S/C10H13Cl2N3O/c1-10(2,3)15(13)9(16)6-4-7(11)14-8(12)5-6/h4-5H,13H2,1-3H3. The minimum atomic E-state index is -0.473. The number of hydrogen-bond acceptors (Lipinski definition) is 3. The Bertz CT molecular complexity index is 395. The first kappa shape index (κ1) is 13.2. The monoisotopic (exact) mass is 261 g/mol. The van der Waals surface area contributed by atoms with Crippen LogP contribution in [0, 0.1) is 0 Å². The summed E-state index contributed by atoms with van der Waals surface area (Å²) in [7, 11) is 0. The molecule has 0 spiro atoms. The van der Waals surface area contributed by atoms with E-state index in [0.29, 0.717) is 5.56 Å². The third-order valence-corrected chi connectivity index (χ3v) is 2.34. The maximum Gasteiger partial charge on any atom is 0.268 e. The molecule has 0 unspecified atom stereocenters. The van der Waals surface area contributed by atoms with Gasteiger partial charge in [-0.25, -0.2) is 10.8 Å². The van der Waals surface area contributed by atoms with Gasteiger partial charge in [-0.3, -0.25) is 9.80 Å². The van der Waals surface area contributed by atoms with Crippen LogP contribution in [0.3, 0.4) is 0 Å². The Morgan fingerprint density at radius 1 is 1.31 bits per heavy atom. The Balaban J connectivity index is 3.06. The van der Waals surface area contributed by atoms with E-state index in [9.17, 15) is 4.79 Å². The van der Waals surface area contributed by atoms with Crippen molar-refractivity contribution < 1.29 is 4.79 Å². The van der Waals surface area contributed by atoms with Gasteiger partial charge in [-0.05, 0) is 32.9 Å². The van der Waals surface area contributed by atoms with Gasteiger partial charge in [0.2, 0.25) is 0 Å². The molecule has 1 aromatic rings. The number of hydrogen-bond donors (Lipinski definition) is 1. The van der Waals surface area contributed by atoms with Crippen molar-refractivity contribution in [3.8, 4) is 0 Å². The molecule has 0 aliphatic rings. The number of nitrogens with two attached hydrogens (primary N) is 1. The van der Waals surface area contributed by atoms with Gasteiger partial charge < -0.3 is 0 Å². The van der Waals surface area contributed by atoms with E-state index in [0.717, 1.165) is 5.01 Å². The molecule has 0 saturated heterocycles. The highest BCUT2D eigenvalue weighted by molar-refractivity contribution is 6.33. The molecule has 1 heterocycles. The Kier molecular flexibility index (Phi) is 3.78. The van der Waals surface area contributed by atoms with Gasteiger partial charge in [0.15, 0.2) is 0 Å². The van der Waals surface area contributed by atoms with Crippen molar-refractivity contribution in [2.24, 2.45) is 5.84 Å². The van der Waals surface area contributed by atoms with Gasteiger partial charge in [-0.1, -0.05) is 23.2 Å². The normalized spacial score (nSPS) is 11.4. The summed E-state index contributed by atoms with van der Waals surface area (Å²) in [6.07, 6.45) is 0. The fourth-order valence-electron chi connectivity index (χ4n) is 1.03. The van der Waals surface area contributed by atoms with Crippen molar-refractivity contribution in [1.29, 1.82) is 0 Å². The van der Waals surface area contributed by atoms with Crippen LogP contribution in [0.15, 0.2) is 12.1 Å². The van der Waals surface area contributed by atoms with Crippen molar-refractivity contribution in [1.82, 2.24) is 9.99 Å². The van der Waals surface area contributed by atoms with Gasteiger partial charge in [0.05, 0.1) is 5.54 Å². The maximum absolute atomic E-state index is 12.0. The van der Waals surface area contributed by atoms with Crippen molar-refractivity contribution in [3.05, 3.63) is 28.0 Å². The van der Waals surface area contributed by atoms with Crippen LogP contribution >= 0.6 is 23.2 Å². The summed E-state index contributed by atoms with van der Waals surface area (Å²) in [5.74, 6) is 5.36. The van der Waals surface area contributed by atoms with Crippen molar-refractivity contribution in [2.45, 2.75) is 26.3 Å². The molecule has 0 aromatic carbocycles. The van der Waals surface area contributed by atoms with Crippen LogP contribution in [0.25, 0.3) is 0 Å². The molecule has 0 bridgehead atoms. The molecule has 2 N–H and O–H groups in total. The number of carbonyl (C=O) groups excluding carboxylic acids is 1. The van der Waals surface area contributed by atoms with Crippen LogP contribution in [0.1, 0.15) is 31.1 Å². The summed E-state index contributed by atoms with van der Waals surface area (Å²) in [6, 6.07) is 2.86. The number of pyridine rings is 1. The van der Waals surface area contributed by atoms with E-state index in [4.69, 9.17) is 29.0 Å². The van der Waals surface area contributed by atoms with Gasteiger partial charge in [0, 0.05) is 5.56 Å². The highest BCUT2D eigenvalue weighted by Crippen LogP contribution is 2.18. The first-order valence-electron chi connectivity index (χ1n) is 4.64. The minimum absolute atomic E-state index is 0.165. The lowest BCUT2D eigenvalue weighted by Gasteiger charge is -2.31. The zero-order valence-corrected chi connectivity index (χ0v) is 10.8. The summed E-state index contributed by atoms with van der Waals surface area (Å²) in [4.78, 5) is 15.7. The maximum atomic E-state index is 12.0. The molecule has 0 saturated carbocycles. The van der Waals surface area contributed by atoms with E-state index < -0.39 is 5.54 Å². The van der Waals surface area contributed by atoms with Crippen LogP contribution in [0.2, 0.25) is 10.3 Å². The van der Waals surface area contributed by atoms with E-state index in [1.165, 1.54) is 12.1 Å². The lowest BCUT2D eigenvalue weighted by molar-refractivity contribution is 0.0581. The van der Waals surface area contributed by atoms with E-state index in [-0.39, 0.29) is 16.2 Å². The van der Waals surface area contributed by atoms with Gasteiger partial charge >= 0.3 is 0 Å². The van der Waals surface area contributed by atoms with E-state index in [1.807, 2.05) is 20.8 Å². The highest BCUT2D eigenvalue weighted by Gasteiger charge is 2.24. The molecule has 0 aliphatic heterocycles. The third kappa shape index (κ3) is 3.07. The summed E-state index contributed by atoms with van der Waals surface area (Å²) in [5, 5.41) is 1.46. The average Bonchev–Trinajstić information content (AvgIpc) is 2.12. The minimum Gasteiger partial charge on any atom is -0.271 e. The topological polar surface area (TPSA) is 59.2 Å². The molecule has 16 heavy (non-hydrogen) atoms. The highest BCUT2D eigenvalue weighted by atomic mass is 35.5. The lowest BCUT2D eigenvalue weighted by Crippen LogP contribution is -2.50. The van der Waals surface area contributed by atoms with Crippen molar-refractivity contribution >= 4 is 29.1 Å². The Labute approximate surface area is 104 Å². The summed E-state index contributed by atoms with van der Waals surface area (Å²) >= 11 is 11.4. The number of amides is 1. The smallest absolute Gasteiger partial charge is 0.268 e.